The van der Waals surface area contributed by atoms with Gasteiger partial charge in [-0.3, -0.25) is 4.79 Å². The van der Waals surface area contributed by atoms with Crippen molar-refractivity contribution in [1.82, 2.24) is 0 Å². The molecular weight excluding hydrogens is 304 g/mol. The van der Waals surface area contributed by atoms with Crippen molar-refractivity contribution >= 4 is 40.0 Å². The van der Waals surface area contributed by atoms with Gasteiger partial charge in [-0.25, -0.2) is 0 Å². The van der Waals surface area contributed by atoms with Crippen LogP contribution in [-0.2, 0) is 4.79 Å². The first-order chi connectivity index (χ1) is 9.95. The van der Waals surface area contributed by atoms with E-state index in [9.17, 15) is 9.90 Å². The van der Waals surface area contributed by atoms with Crippen LogP contribution < -0.4 is 0 Å². The van der Waals surface area contributed by atoms with Crippen LogP contribution in [0.2, 0.25) is 0 Å². The first-order valence-corrected chi connectivity index (χ1v) is 7.48. The molecule has 0 aliphatic carbocycles. The fourth-order valence-corrected chi connectivity index (χ4v) is 2.51. The number of furan rings is 1. The number of phenolic OH excluding ortho intramolecular Hbond substituents is 1. The van der Waals surface area contributed by atoms with Crippen LogP contribution >= 0.6 is 24.0 Å². The molecule has 0 bridgehead atoms. The highest BCUT2D eigenvalue weighted by molar-refractivity contribution is 8.18. The Kier molecular flexibility index (Phi) is 4.98. The Bertz CT molecular complexity index is 697. The molecule has 1 aromatic carbocycles. The summed E-state index contributed by atoms with van der Waals surface area (Å²) in [5, 5.41) is 9.27. The average Bonchev–Trinajstić information content (AvgIpc) is 2.87. The van der Waals surface area contributed by atoms with Crippen molar-refractivity contribution in [2.24, 2.45) is 0 Å². The lowest BCUT2D eigenvalue weighted by Crippen LogP contribution is -1.92. The van der Waals surface area contributed by atoms with Gasteiger partial charge in [-0.15, -0.1) is 0 Å². The maximum absolute atomic E-state index is 11.2. The minimum Gasteiger partial charge on any atom is -0.508 e. The predicted molar refractivity (Wildman–Crippen MR) is 90.3 cm³/mol. The van der Waals surface area contributed by atoms with E-state index in [2.05, 4.69) is 0 Å². The number of rotatable bonds is 4. The second kappa shape index (κ2) is 6.74. The zero-order valence-corrected chi connectivity index (χ0v) is 13.3. The molecule has 108 valence electrons. The Morgan fingerprint density at radius 3 is 2.43 bits per heavy atom. The van der Waals surface area contributed by atoms with Gasteiger partial charge in [0.1, 0.15) is 17.3 Å². The third-order valence-corrected chi connectivity index (χ3v) is 3.93. The van der Waals surface area contributed by atoms with Crippen LogP contribution in [0.15, 0.2) is 45.7 Å². The number of benzene rings is 1. The Morgan fingerprint density at radius 1 is 1.19 bits per heavy atom. The van der Waals surface area contributed by atoms with Crippen molar-refractivity contribution < 1.29 is 14.3 Å². The summed E-state index contributed by atoms with van der Waals surface area (Å²) in [4.78, 5) is 12.6. The number of aromatic hydroxyl groups is 1. The maximum atomic E-state index is 11.2. The van der Waals surface area contributed by atoms with Crippen molar-refractivity contribution in [3.8, 4) is 17.1 Å². The molecule has 1 heterocycles. The van der Waals surface area contributed by atoms with E-state index in [1.807, 2.05) is 12.1 Å². The molecule has 2 rings (SSSR count). The van der Waals surface area contributed by atoms with E-state index in [4.69, 9.17) is 16.6 Å². The number of carbonyl (C=O) groups excluding carboxylic acids is 1. The fraction of sp³-hybridized carbons (Fsp3) is 0.125. The molecule has 21 heavy (non-hydrogen) atoms. The molecule has 3 nitrogen and oxygen atoms in total. The summed E-state index contributed by atoms with van der Waals surface area (Å²) in [5.41, 5.74) is 0.868. The minimum absolute atomic E-state index is 0.0178. The van der Waals surface area contributed by atoms with Crippen LogP contribution in [0.3, 0.4) is 0 Å². The normalized spacial score (nSPS) is 11.4. The molecule has 0 saturated carbocycles. The highest BCUT2D eigenvalue weighted by Crippen LogP contribution is 2.27. The number of hydrogen-bond acceptors (Lipinski definition) is 5. The molecular formula is C16H14O3S2. The van der Waals surface area contributed by atoms with Gasteiger partial charge in [0.05, 0.1) is 0 Å². The number of carbonyl (C=O) groups is 1. The zero-order valence-electron chi connectivity index (χ0n) is 11.6. The number of thiocarbonyl (C=S) groups is 1. The summed E-state index contributed by atoms with van der Waals surface area (Å²) >= 11 is 6.24. The van der Waals surface area contributed by atoms with Gasteiger partial charge in [-0.1, -0.05) is 24.0 Å². The van der Waals surface area contributed by atoms with Crippen molar-refractivity contribution in [1.29, 1.82) is 0 Å². The van der Waals surface area contributed by atoms with E-state index < -0.39 is 0 Å². The largest absolute Gasteiger partial charge is 0.508 e. The lowest BCUT2D eigenvalue weighted by atomic mass is 10.2. The third-order valence-electron chi connectivity index (χ3n) is 2.65. The van der Waals surface area contributed by atoms with E-state index in [1.165, 1.54) is 6.92 Å². The third kappa shape index (κ3) is 4.31. The molecule has 0 unspecified atom stereocenters. The number of hydrogen-bond donors (Lipinski definition) is 1. The van der Waals surface area contributed by atoms with Gasteiger partial charge in [-0.2, -0.15) is 0 Å². The van der Waals surface area contributed by atoms with E-state index in [1.54, 1.807) is 37.3 Å². The highest BCUT2D eigenvalue weighted by Gasteiger charge is 2.08. The lowest BCUT2D eigenvalue weighted by Gasteiger charge is -2.01. The molecule has 1 N–H and O–H groups in total. The first kappa shape index (κ1) is 15.5. The topological polar surface area (TPSA) is 50.4 Å². The van der Waals surface area contributed by atoms with Gasteiger partial charge >= 0.3 is 0 Å². The van der Waals surface area contributed by atoms with Crippen molar-refractivity contribution in [3.63, 3.8) is 0 Å². The summed E-state index contributed by atoms with van der Waals surface area (Å²) in [6, 6.07) is 10.4. The Balaban J connectivity index is 2.28. The van der Waals surface area contributed by atoms with Crippen LogP contribution in [0.4, 0.5) is 0 Å². The summed E-state index contributed by atoms with van der Waals surface area (Å²) in [6.45, 7) is 3.28. The number of allylic oxidation sites excluding steroid dienone is 1. The van der Waals surface area contributed by atoms with E-state index >= 15 is 0 Å². The predicted octanol–water partition coefficient (Wildman–Crippen LogP) is 4.66. The van der Waals surface area contributed by atoms with Gasteiger partial charge in [-0.05, 0) is 49.4 Å². The van der Waals surface area contributed by atoms with E-state index in [0.29, 0.717) is 21.3 Å². The van der Waals surface area contributed by atoms with Crippen molar-refractivity contribution in [2.75, 3.05) is 0 Å². The van der Waals surface area contributed by atoms with Gasteiger partial charge in [0.25, 0.3) is 0 Å². The molecule has 0 atom stereocenters. The van der Waals surface area contributed by atoms with Crippen LogP contribution in [0.25, 0.3) is 17.4 Å². The van der Waals surface area contributed by atoms with Crippen molar-refractivity contribution in [2.45, 2.75) is 13.8 Å². The van der Waals surface area contributed by atoms with E-state index in [-0.39, 0.29) is 10.9 Å². The van der Waals surface area contributed by atoms with Crippen LogP contribution in [-0.4, -0.2) is 15.1 Å². The summed E-state index contributed by atoms with van der Waals surface area (Å²) < 4.78 is 5.73. The molecule has 2 aromatic rings. The molecule has 0 aliphatic heterocycles. The van der Waals surface area contributed by atoms with Gasteiger partial charge in [0, 0.05) is 22.3 Å². The summed E-state index contributed by atoms with van der Waals surface area (Å²) in [5.74, 6) is 1.53. The second-order valence-corrected chi connectivity index (χ2v) is 6.24. The summed E-state index contributed by atoms with van der Waals surface area (Å²) in [6.07, 6.45) is 1.76. The minimum atomic E-state index is -0.0178. The molecule has 1 aromatic heterocycles. The first-order valence-electron chi connectivity index (χ1n) is 6.26. The van der Waals surface area contributed by atoms with Crippen LogP contribution in [0, 0.1) is 0 Å². The zero-order chi connectivity index (χ0) is 15.4. The number of phenols is 1. The van der Waals surface area contributed by atoms with Gasteiger partial charge < -0.3 is 9.52 Å². The summed E-state index contributed by atoms with van der Waals surface area (Å²) in [7, 11) is 0. The van der Waals surface area contributed by atoms with Crippen LogP contribution in [0.5, 0.6) is 5.75 Å². The molecule has 0 radical (unpaired) electrons. The van der Waals surface area contributed by atoms with Crippen LogP contribution in [0.1, 0.15) is 19.6 Å². The molecule has 0 aliphatic rings. The molecule has 0 fully saturated rings. The monoisotopic (exact) mass is 318 g/mol. The molecule has 0 amide bonds. The lowest BCUT2D eigenvalue weighted by molar-refractivity contribution is -0.109. The second-order valence-electron chi connectivity index (χ2n) is 4.41. The fourth-order valence-electron chi connectivity index (χ4n) is 1.70. The smallest absolute Gasteiger partial charge is 0.190 e. The SMILES string of the molecule is CC(=O)S/C(=C/c1ccc(-c2ccc(O)cc2)o1)C(C)=S. The quantitative estimate of drug-likeness (QED) is 0.656. The molecule has 0 saturated heterocycles. The molecule has 5 heteroatoms. The van der Waals surface area contributed by atoms with Gasteiger partial charge in [0.15, 0.2) is 5.12 Å². The Hall–Kier alpha value is -1.85. The average molecular weight is 318 g/mol. The standard InChI is InChI=1S/C16H14O3S2/c1-10(20)16(21-11(2)17)9-14-7-8-15(19-14)12-3-5-13(18)6-4-12/h3-9,18H,1-2H3/b16-9+. The maximum Gasteiger partial charge on any atom is 0.190 e. The van der Waals surface area contributed by atoms with Gasteiger partial charge in [0.2, 0.25) is 0 Å². The highest BCUT2D eigenvalue weighted by atomic mass is 32.2. The number of thioether (sulfide) groups is 1. The van der Waals surface area contributed by atoms with Crippen molar-refractivity contribution in [3.05, 3.63) is 47.1 Å². The van der Waals surface area contributed by atoms with E-state index in [0.717, 1.165) is 17.3 Å². The Morgan fingerprint density at radius 2 is 1.86 bits per heavy atom. The molecule has 0 spiro atoms. The Labute approximate surface area is 132 Å².